The van der Waals surface area contributed by atoms with Gasteiger partial charge in [0.25, 0.3) is 5.56 Å². The van der Waals surface area contributed by atoms with Crippen LogP contribution in [0.3, 0.4) is 0 Å². The molecule has 0 bridgehead atoms. The summed E-state index contributed by atoms with van der Waals surface area (Å²) < 4.78 is 1.71. The van der Waals surface area contributed by atoms with Crippen LogP contribution in [0.15, 0.2) is 10.9 Å². The highest BCUT2D eigenvalue weighted by Crippen LogP contribution is 2.34. The molecule has 1 heterocycles. The number of pyridine rings is 1. The molecule has 1 saturated carbocycles. The molecule has 0 saturated heterocycles. The van der Waals surface area contributed by atoms with Gasteiger partial charge in [0.1, 0.15) is 0 Å². The minimum absolute atomic E-state index is 0.0725. The first-order valence-electron chi connectivity index (χ1n) is 6.94. The van der Waals surface area contributed by atoms with E-state index in [4.69, 9.17) is 0 Å². The van der Waals surface area contributed by atoms with E-state index in [-0.39, 0.29) is 17.2 Å². The van der Waals surface area contributed by atoms with E-state index in [0.717, 1.165) is 19.3 Å². The summed E-state index contributed by atoms with van der Waals surface area (Å²) in [6, 6.07) is 1.59. The van der Waals surface area contributed by atoms with Crippen molar-refractivity contribution in [2.24, 2.45) is 0 Å². The number of carboxylic acids is 1. The second-order valence-electron chi connectivity index (χ2n) is 5.48. The van der Waals surface area contributed by atoms with Crippen molar-refractivity contribution in [1.29, 1.82) is 0 Å². The van der Waals surface area contributed by atoms with E-state index >= 15 is 0 Å². The Morgan fingerprint density at radius 2 is 2.10 bits per heavy atom. The first-order valence-corrected chi connectivity index (χ1v) is 8.23. The number of aromatic nitrogens is 1. The molecule has 1 aromatic heterocycles. The highest BCUT2D eigenvalue weighted by Gasteiger charge is 2.26. The van der Waals surface area contributed by atoms with Gasteiger partial charge in [0.15, 0.2) is 0 Å². The zero-order chi connectivity index (χ0) is 14.9. The number of rotatable bonds is 3. The van der Waals surface area contributed by atoms with Gasteiger partial charge < -0.3 is 9.67 Å². The molecule has 110 valence electrons. The van der Waals surface area contributed by atoms with Crippen LogP contribution in [-0.4, -0.2) is 27.1 Å². The third-order valence-electron chi connectivity index (χ3n) is 4.21. The number of thioether (sulfide) groups is 1. The van der Waals surface area contributed by atoms with Crippen LogP contribution in [0.2, 0.25) is 0 Å². The van der Waals surface area contributed by atoms with Crippen LogP contribution < -0.4 is 5.56 Å². The first kappa shape index (κ1) is 15.2. The monoisotopic (exact) mass is 295 g/mol. The molecular formula is C15H21NO3S. The number of aromatic carboxylic acids is 1. The second kappa shape index (κ2) is 6.04. The predicted molar refractivity (Wildman–Crippen MR) is 81.9 cm³/mol. The van der Waals surface area contributed by atoms with E-state index in [1.807, 2.05) is 11.8 Å². The summed E-state index contributed by atoms with van der Waals surface area (Å²) in [7, 11) is 0. The Bertz CT molecular complexity index is 579. The fourth-order valence-electron chi connectivity index (χ4n) is 3.24. The average molecular weight is 295 g/mol. The lowest BCUT2D eigenvalue weighted by Crippen LogP contribution is -2.32. The van der Waals surface area contributed by atoms with Gasteiger partial charge >= 0.3 is 5.97 Å². The molecule has 1 aliphatic rings. The lowest BCUT2D eigenvalue weighted by molar-refractivity contribution is 0.0693. The Kier molecular flexibility index (Phi) is 4.58. The van der Waals surface area contributed by atoms with Crippen LogP contribution in [0.5, 0.6) is 0 Å². The van der Waals surface area contributed by atoms with Gasteiger partial charge in [-0.2, -0.15) is 11.8 Å². The quantitative estimate of drug-likeness (QED) is 0.931. The van der Waals surface area contributed by atoms with Crippen LogP contribution in [0.4, 0.5) is 0 Å². The number of aryl methyl sites for hydroxylation is 1. The molecule has 4 nitrogen and oxygen atoms in total. The van der Waals surface area contributed by atoms with E-state index < -0.39 is 5.97 Å². The van der Waals surface area contributed by atoms with Crippen molar-refractivity contribution >= 4 is 17.7 Å². The van der Waals surface area contributed by atoms with Gasteiger partial charge in [-0.25, -0.2) is 4.79 Å². The van der Waals surface area contributed by atoms with E-state index in [9.17, 15) is 14.7 Å². The molecule has 20 heavy (non-hydrogen) atoms. The first-order chi connectivity index (χ1) is 9.45. The number of hydrogen-bond donors (Lipinski definition) is 1. The van der Waals surface area contributed by atoms with Gasteiger partial charge in [0.2, 0.25) is 0 Å². The third kappa shape index (κ3) is 2.77. The molecule has 2 rings (SSSR count). The van der Waals surface area contributed by atoms with Crippen molar-refractivity contribution in [3.63, 3.8) is 0 Å². The van der Waals surface area contributed by atoms with E-state index in [0.29, 0.717) is 16.5 Å². The summed E-state index contributed by atoms with van der Waals surface area (Å²) in [4.78, 5) is 23.7. The molecule has 1 N–H and O–H groups in total. The Labute approximate surface area is 123 Å². The van der Waals surface area contributed by atoms with Gasteiger partial charge in [-0.3, -0.25) is 4.79 Å². The molecule has 0 spiro atoms. The van der Waals surface area contributed by atoms with Crippen LogP contribution >= 0.6 is 11.8 Å². The van der Waals surface area contributed by atoms with Crippen molar-refractivity contribution in [1.82, 2.24) is 4.57 Å². The Balaban J connectivity index is 2.48. The Hall–Kier alpha value is -1.23. The molecule has 1 aromatic rings. The molecule has 1 aliphatic carbocycles. The molecule has 5 heteroatoms. The van der Waals surface area contributed by atoms with Crippen molar-refractivity contribution < 1.29 is 9.90 Å². The minimum atomic E-state index is -0.953. The maximum Gasteiger partial charge on any atom is 0.337 e. The highest BCUT2D eigenvalue weighted by molar-refractivity contribution is 7.99. The lowest BCUT2D eigenvalue weighted by atomic mass is 9.93. The van der Waals surface area contributed by atoms with Gasteiger partial charge in [-0.15, -0.1) is 0 Å². The smallest absolute Gasteiger partial charge is 0.337 e. The molecule has 2 atom stereocenters. The third-order valence-corrected chi connectivity index (χ3v) is 5.30. The Morgan fingerprint density at radius 3 is 2.70 bits per heavy atom. The molecule has 1 fully saturated rings. The standard InChI is InChI=1S/C15H21NO3S/c1-9-7-13(17)16(10(2)14(9)15(18)19)11-5-4-6-12(8-11)20-3/h7,11-12H,4-6,8H2,1-3H3,(H,18,19). The zero-order valence-electron chi connectivity index (χ0n) is 12.2. The van der Waals surface area contributed by atoms with Crippen molar-refractivity contribution in [2.75, 3.05) is 6.26 Å². The topological polar surface area (TPSA) is 59.3 Å². The fourth-order valence-corrected chi connectivity index (χ4v) is 4.06. The molecule has 0 aliphatic heterocycles. The van der Waals surface area contributed by atoms with E-state index in [1.54, 1.807) is 18.4 Å². The number of nitrogens with zero attached hydrogens (tertiary/aromatic N) is 1. The summed E-state index contributed by atoms with van der Waals surface area (Å²) in [5.41, 5.74) is 1.34. The maximum absolute atomic E-state index is 12.3. The van der Waals surface area contributed by atoms with Crippen molar-refractivity contribution in [3.8, 4) is 0 Å². The van der Waals surface area contributed by atoms with Gasteiger partial charge in [-0.05, 0) is 44.9 Å². The minimum Gasteiger partial charge on any atom is -0.478 e. The van der Waals surface area contributed by atoms with Gasteiger partial charge in [0.05, 0.1) is 5.56 Å². The summed E-state index contributed by atoms with van der Waals surface area (Å²) in [5.74, 6) is -0.953. The normalized spacial score (nSPS) is 22.8. The average Bonchev–Trinajstić information content (AvgIpc) is 2.37. The molecule has 0 amide bonds. The number of carbonyl (C=O) groups is 1. The Morgan fingerprint density at radius 1 is 1.40 bits per heavy atom. The second-order valence-corrected chi connectivity index (χ2v) is 6.62. The molecule has 2 unspecified atom stereocenters. The van der Waals surface area contributed by atoms with Crippen LogP contribution in [0.25, 0.3) is 0 Å². The molecule has 0 aromatic carbocycles. The summed E-state index contributed by atoms with van der Waals surface area (Å²) in [6.45, 7) is 3.44. The summed E-state index contributed by atoms with van der Waals surface area (Å²) in [6.07, 6.45) is 6.28. The number of carboxylic acid groups (broad SMARTS) is 1. The highest BCUT2D eigenvalue weighted by atomic mass is 32.2. The van der Waals surface area contributed by atoms with Gasteiger partial charge in [-0.1, -0.05) is 6.42 Å². The van der Waals surface area contributed by atoms with E-state index in [1.165, 1.54) is 12.5 Å². The zero-order valence-corrected chi connectivity index (χ0v) is 13.0. The number of hydrogen-bond acceptors (Lipinski definition) is 3. The SMILES string of the molecule is CSC1CCCC(n2c(C)c(C(=O)O)c(C)cc2=O)C1. The van der Waals surface area contributed by atoms with Gasteiger partial charge in [0, 0.05) is 23.1 Å². The van der Waals surface area contributed by atoms with Crippen molar-refractivity contribution in [2.45, 2.75) is 50.8 Å². The predicted octanol–water partition coefficient (Wildman–Crippen LogP) is 3.01. The van der Waals surface area contributed by atoms with Crippen molar-refractivity contribution in [3.05, 3.63) is 33.2 Å². The molecule has 0 radical (unpaired) electrons. The van der Waals surface area contributed by atoms with E-state index in [2.05, 4.69) is 6.26 Å². The van der Waals surface area contributed by atoms with Crippen LogP contribution in [0.1, 0.15) is 53.3 Å². The summed E-state index contributed by atoms with van der Waals surface area (Å²) >= 11 is 1.84. The lowest BCUT2D eigenvalue weighted by Gasteiger charge is -2.31. The summed E-state index contributed by atoms with van der Waals surface area (Å²) in [5, 5.41) is 9.90. The fraction of sp³-hybridized carbons (Fsp3) is 0.600. The molecular weight excluding hydrogens is 274 g/mol. The van der Waals surface area contributed by atoms with Crippen LogP contribution in [-0.2, 0) is 0 Å². The van der Waals surface area contributed by atoms with Crippen LogP contribution in [0, 0.1) is 13.8 Å². The largest absolute Gasteiger partial charge is 0.478 e. The maximum atomic E-state index is 12.3.